The Morgan fingerprint density at radius 3 is 2.81 bits per heavy atom. The van der Waals surface area contributed by atoms with Crippen LogP contribution in [0, 0.1) is 17.0 Å². The number of nitro benzene ring substituents is 1. The van der Waals surface area contributed by atoms with Crippen LogP contribution in [0.15, 0.2) is 22.8 Å². The molecule has 3 rings (SSSR count). The molecule has 1 aliphatic heterocycles. The van der Waals surface area contributed by atoms with Crippen molar-refractivity contribution in [2.24, 2.45) is 0 Å². The van der Waals surface area contributed by atoms with Crippen molar-refractivity contribution in [2.45, 2.75) is 6.92 Å². The van der Waals surface area contributed by atoms with E-state index in [-0.39, 0.29) is 16.1 Å². The average molecular weight is 349 g/mol. The van der Waals surface area contributed by atoms with Gasteiger partial charge in [-0.2, -0.15) is 0 Å². The first-order valence-electron chi connectivity index (χ1n) is 5.99. The Balaban J connectivity index is 2.18. The van der Waals surface area contributed by atoms with E-state index in [1.807, 2.05) is 6.92 Å². The Morgan fingerprint density at radius 2 is 2.19 bits per heavy atom. The smallest absolute Gasteiger partial charge is 0.284 e. The molecule has 0 spiro atoms. The summed E-state index contributed by atoms with van der Waals surface area (Å²) in [6, 6.07) is 2.87. The second kappa shape index (κ2) is 4.81. The number of carbonyl (C=O) groups excluding carboxylic acids is 1. The molecule has 7 nitrogen and oxygen atoms in total. The van der Waals surface area contributed by atoms with Gasteiger partial charge in [0, 0.05) is 23.5 Å². The molecule has 106 valence electrons. The van der Waals surface area contributed by atoms with Gasteiger partial charge in [-0.05, 0) is 35.0 Å². The minimum Gasteiger partial charge on any atom is -0.343 e. The molecule has 1 aliphatic rings. The van der Waals surface area contributed by atoms with Crippen LogP contribution in [-0.4, -0.2) is 20.8 Å². The number of aryl methyl sites for hydroxylation is 1. The van der Waals surface area contributed by atoms with Crippen molar-refractivity contribution >= 4 is 44.9 Å². The highest BCUT2D eigenvalue weighted by atomic mass is 79.9. The van der Waals surface area contributed by atoms with Gasteiger partial charge in [0.2, 0.25) is 0 Å². The molecule has 2 N–H and O–H groups in total. The maximum atomic E-state index is 12.1. The third-order valence-electron chi connectivity index (χ3n) is 3.08. The van der Waals surface area contributed by atoms with Gasteiger partial charge in [-0.25, -0.2) is 4.98 Å². The fourth-order valence-corrected chi connectivity index (χ4v) is 2.86. The predicted octanol–water partition coefficient (Wildman–Crippen LogP) is 2.88. The number of nitrogens with zero attached hydrogens (tertiary/aromatic N) is 2. The lowest BCUT2D eigenvalue weighted by molar-refractivity contribution is -0.385. The van der Waals surface area contributed by atoms with Crippen molar-refractivity contribution in [3.05, 3.63) is 50.0 Å². The molecule has 2 heterocycles. The van der Waals surface area contributed by atoms with E-state index in [2.05, 4.69) is 31.2 Å². The highest BCUT2D eigenvalue weighted by Crippen LogP contribution is 2.42. The molecule has 0 unspecified atom stereocenters. The van der Waals surface area contributed by atoms with Gasteiger partial charge in [-0.15, -0.1) is 0 Å². The van der Waals surface area contributed by atoms with E-state index in [0.717, 1.165) is 5.69 Å². The van der Waals surface area contributed by atoms with E-state index in [4.69, 9.17) is 0 Å². The Kier molecular flexibility index (Phi) is 3.09. The van der Waals surface area contributed by atoms with Crippen molar-refractivity contribution in [1.29, 1.82) is 0 Å². The fourth-order valence-electron chi connectivity index (χ4n) is 2.16. The number of hydrogen-bond donors (Lipinski definition) is 2. The lowest BCUT2D eigenvalue weighted by Crippen LogP contribution is -2.03. The van der Waals surface area contributed by atoms with Crippen molar-refractivity contribution in [1.82, 2.24) is 9.97 Å². The first kappa shape index (κ1) is 13.5. The zero-order valence-electron chi connectivity index (χ0n) is 10.8. The molecular weight excluding hydrogens is 340 g/mol. The van der Waals surface area contributed by atoms with Crippen molar-refractivity contribution in [3.8, 4) is 0 Å². The van der Waals surface area contributed by atoms with Gasteiger partial charge < -0.3 is 10.3 Å². The van der Waals surface area contributed by atoms with Crippen molar-refractivity contribution in [2.75, 3.05) is 5.32 Å². The Labute approximate surface area is 127 Å². The van der Waals surface area contributed by atoms with Crippen LogP contribution in [0.25, 0.3) is 11.6 Å². The highest BCUT2D eigenvalue weighted by Gasteiger charge is 2.30. The molecule has 1 aromatic heterocycles. The van der Waals surface area contributed by atoms with Gasteiger partial charge in [0.15, 0.2) is 0 Å². The molecule has 0 bridgehead atoms. The van der Waals surface area contributed by atoms with Crippen LogP contribution >= 0.6 is 15.9 Å². The summed E-state index contributed by atoms with van der Waals surface area (Å²) in [4.78, 5) is 29.7. The molecule has 21 heavy (non-hydrogen) atoms. The molecule has 2 aromatic rings. The standard InChI is InChI=1S/C13H9BrN4O3/c1-6-5-15-10(16-6)4-7-11-8(17-13(7)19)2-3-9(12(11)14)18(20)21/h2-5H,1H3,(H,15,16)(H,17,19). The van der Waals surface area contributed by atoms with E-state index < -0.39 is 4.92 Å². The number of anilines is 1. The number of hydrogen-bond acceptors (Lipinski definition) is 4. The Bertz CT molecular complexity index is 810. The summed E-state index contributed by atoms with van der Waals surface area (Å²) in [7, 11) is 0. The summed E-state index contributed by atoms with van der Waals surface area (Å²) in [6.45, 7) is 1.85. The van der Waals surface area contributed by atoms with Gasteiger partial charge in [0.05, 0.1) is 16.2 Å². The average Bonchev–Trinajstić information content (AvgIpc) is 2.95. The second-order valence-electron chi connectivity index (χ2n) is 4.54. The molecule has 0 saturated heterocycles. The van der Waals surface area contributed by atoms with Crippen LogP contribution in [0.1, 0.15) is 17.1 Å². The number of H-pyrrole nitrogens is 1. The van der Waals surface area contributed by atoms with Crippen molar-refractivity contribution < 1.29 is 9.72 Å². The summed E-state index contributed by atoms with van der Waals surface area (Å²) < 4.78 is 0.276. The highest BCUT2D eigenvalue weighted by molar-refractivity contribution is 9.10. The monoisotopic (exact) mass is 348 g/mol. The van der Waals surface area contributed by atoms with E-state index in [1.165, 1.54) is 12.1 Å². The molecule has 1 amide bonds. The van der Waals surface area contributed by atoms with Gasteiger partial charge in [-0.1, -0.05) is 0 Å². The van der Waals surface area contributed by atoms with Crippen molar-refractivity contribution in [3.63, 3.8) is 0 Å². The quantitative estimate of drug-likeness (QED) is 0.494. The van der Waals surface area contributed by atoms with Crippen LogP contribution in [-0.2, 0) is 4.79 Å². The summed E-state index contributed by atoms with van der Waals surface area (Å²) in [6.07, 6.45) is 3.21. The van der Waals surface area contributed by atoms with Crippen LogP contribution < -0.4 is 5.32 Å². The van der Waals surface area contributed by atoms with E-state index in [0.29, 0.717) is 22.6 Å². The number of fused-ring (bicyclic) bond motifs is 1. The molecule has 1 aromatic carbocycles. The van der Waals surface area contributed by atoms with Crippen LogP contribution in [0.5, 0.6) is 0 Å². The normalized spacial score (nSPS) is 15.1. The number of carbonyl (C=O) groups is 1. The van der Waals surface area contributed by atoms with Crippen LogP contribution in [0.2, 0.25) is 0 Å². The zero-order valence-corrected chi connectivity index (χ0v) is 12.4. The number of rotatable bonds is 2. The summed E-state index contributed by atoms with van der Waals surface area (Å²) in [5, 5.41) is 13.7. The predicted molar refractivity (Wildman–Crippen MR) is 80.6 cm³/mol. The number of halogens is 1. The number of imidazole rings is 1. The van der Waals surface area contributed by atoms with E-state index in [9.17, 15) is 14.9 Å². The van der Waals surface area contributed by atoms with Gasteiger partial charge in [0.25, 0.3) is 11.6 Å². The fraction of sp³-hybridized carbons (Fsp3) is 0.0769. The third kappa shape index (κ3) is 2.23. The second-order valence-corrected chi connectivity index (χ2v) is 5.33. The molecule has 0 atom stereocenters. The molecule has 0 aliphatic carbocycles. The molecule has 0 saturated carbocycles. The number of nitro groups is 1. The number of aromatic amines is 1. The first-order chi connectivity index (χ1) is 9.97. The third-order valence-corrected chi connectivity index (χ3v) is 3.89. The summed E-state index contributed by atoms with van der Waals surface area (Å²) in [5.74, 6) is 0.198. The van der Waals surface area contributed by atoms with E-state index >= 15 is 0 Å². The topological polar surface area (TPSA) is 101 Å². The van der Waals surface area contributed by atoms with Crippen LogP contribution in [0.3, 0.4) is 0 Å². The SMILES string of the molecule is Cc1cnc(C=C2C(=O)Nc3ccc([N+](=O)[O-])c(Br)c32)[nH]1. The number of aromatic nitrogens is 2. The molecule has 8 heteroatoms. The summed E-state index contributed by atoms with van der Waals surface area (Å²) >= 11 is 3.21. The summed E-state index contributed by atoms with van der Waals surface area (Å²) in [5.41, 5.74) is 2.11. The molecular formula is C13H9BrN4O3. The lowest BCUT2D eigenvalue weighted by atomic mass is 10.1. The maximum Gasteiger partial charge on any atom is 0.284 e. The minimum absolute atomic E-state index is 0.0909. The number of nitrogens with one attached hydrogen (secondary N) is 2. The molecule has 0 radical (unpaired) electrons. The zero-order chi connectivity index (χ0) is 15.1. The number of amides is 1. The lowest BCUT2D eigenvalue weighted by Gasteiger charge is -2.02. The van der Waals surface area contributed by atoms with Gasteiger partial charge in [0.1, 0.15) is 10.3 Å². The Hall–Kier alpha value is -2.48. The minimum atomic E-state index is -0.498. The first-order valence-corrected chi connectivity index (χ1v) is 6.78. The Morgan fingerprint density at radius 1 is 1.43 bits per heavy atom. The van der Waals surface area contributed by atoms with Gasteiger partial charge >= 0.3 is 0 Å². The molecule has 0 fully saturated rings. The van der Waals surface area contributed by atoms with E-state index in [1.54, 1.807) is 12.3 Å². The maximum absolute atomic E-state index is 12.1. The van der Waals surface area contributed by atoms with Crippen LogP contribution in [0.4, 0.5) is 11.4 Å². The van der Waals surface area contributed by atoms with Gasteiger partial charge in [-0.3, -0.25) is 14.9 Å². The largest absolute Gasteiger partial charge is 0.343 e. The number of benzene rings is 1.